The molecule has 7 heteroatoms. The number of hydrogen-bond acceptors (Lipinski definition) is 3. The van der Waals surface area contributed by atoms with Crippen molar-refractivity contribution in [2.45, 2.75) is 19.4 Å². The van der Waals surface area contributed by atoms with E-state index in [9.17, 15) is 4.79 Å². The Morgan fingerprint density at radius 1 is 1.39 bits per heavy atom. The Balaban J connectivity index is 0.00000132. The lowest BCUT2D eigenvalue weighted by Crippen LogP contribution is -2.50. The van der Waals surface area contributed by atoms with Crippen molar-refractivity contribution in [1.29, 1.82) is 0 Å². The summed E-state index contributed by atoms with van der Waals surface area (Å²) in [6.45, 7) is 3.98. The van der Waals surface area contributed by atoms with Crippen LogP contribution in [0.15, 0.2) is 30.5 Å². The molecule has 1 saturated heterocycles. The molecule has 1 fully saturated rings. The number of nitrogens with one attached hydrogen (secondary N) is 2. The van der Waals surface area contributed by atoms with Crippen LogP contribution >= 0.6 is 36.4 Å². The molecule has 1 aromatic carbocycles. The molecule has 0 saturated carbocycles. The van der Waals surface area contributed by atoms with Gasteiger partial charge in [-0.1, -0.05) is 24.6 Å². The topological polar surface area (TPSA) is 54.0 Å². The first-order valence-corrected chi connectivity index (χ1v) is 7.59. The van der Waals surface area contributed by atoms with Gasteiger partial charge in [0, 0.05) is 29.2 Å². The highest BCUT2D eigenvalue weighted by Crippen LogP contribution is 2.22. The Bertz CT molecular complexity index is 681. The molecule has 1 amide bonds. The quantitative estimate of drug-likeness (QED) is 0.844. The number of halogens is 3. The Hall–Kier alpha value is -1.07. The van der Waals surface area contributed by atoms with Crippen LogP contribution in [-0.2, 0) is 0 Å². The van der Waals surface area contributed by atoms with E-state index in [4.69, 9.17) is 11.6 Å². The number of amides is 1. The number of aromatic nitrogens is 1. The van der Waals surface area contributed by atoms with Crippen molar-refractivity contribution in [3.8, 4) is 0 Å². The van der Waals surface area contributed by atoms with Crippen molar-refractivity contribution in [2.75, 3.05) is 13.1 Å². The van der Waals surface area contributed by atoms with E-state index < -0.39 is 0 Å². The third-order valence-corrected chi connectivity index (χ3v) is 4.28. The zero-order valence-corrected chi connectivity index (χ0v) is 15.1. The summed E-state index contributed by atoms with van der Waals surface area (Å²) in [5, 5.41) is 7.85. The van der Waals surface area contributed by atoms with Crippen LogP contribution in [0.1, 0.15) is 23.7 Å². The Morgan fingerprint density at radius 3 is 2.91 bits per heavy atom. The van der Waals surface area contributed by atoms with E-state index in [1.54, 1.807) is 12.3 Å². The van der Waals surface area contributed by atoms with E-state index in [1.165, 1.54) is 0 Å². The number of carbonyl (C=O) groups excluding carboxylic acids is 1. The fourth-order valence-electron chi connectivity index (χ4n) is 2.76. The van der Waals surface area contributed by atoms with Gasteiger partial charge in [-0.25, -0.2) is 0 Å². The minimum Gasteiger partial charge on any atom is -0.348 e. The third kappa shape index (κ3) is 4.48. The molecule has 23 heavy (non-hydrogen) atoms. The Kier molecular flexibility index (Phi) is 7.55. The third-order valence-electron chi connectivity index (χ3n) is 4.06. The van der Waals surface area contributed by atoms with E-state index in [0.717, 1.165) is 24.9 Å². The monoisotopic (exact) mass is 375 g/mol. The molecule has 2 N–H and O–H groups in total. The lowest BCUT2D eigenvalue weighted by atomic mass is 9.94. The van der Waals surface area contributed by atoms with E-state index in [0.29, 0.717) is 22.0 Å². The first-order valence-electron chi connectivity index (χ1n) is 7.21. The van der Waals surface area contributed by atoms with Gasteiger partial charge in [0.05, 0.1) is 11.1 Å². The second kappa shape index (κ2) is 8.69. The lowest BCUT2D eigenvalue weighted by molar-refractivity contribution is 0.0917. The molecule has 2 heterocycles. The van der Waals surface area contributed by atoms with Gasteiger partial charge in [-0.2, -0.15) is 0 Å². The lowest BCUT2D eigenvalue weighted by Gasteiger charge is -2.30. The summed E-state index contributed by atoms with van der Waals surface area (Å²) in [5.74, 6) is 0.357. The molecular weight excluding hydrogens is 357 g/mol. The molecule has 3 rings (SSSR count). The average Bonchev–Trinajstić information content (AvgIpc) is 2.48. The van der Waals surface area contributed by atoms with E-state index >= 15 is 0 Å². The van der Waals surface area contributed by atoms with Crippen LogP contribution < -0.4 is 10.6 Å². The maximum atomic E-state index is 12.6. The van der Waals surface area contributed by atoms with Crippen molar-refractivity contribution >= 4 is 53.2 Å². The highest BCUT2D eigenvalue weighted by Gasteiger charge is 2.24. The van der Waals surface area contributed by atoms with Crippen molar-refractivity contribution in [3.63, 3.8) is 0 Å². The first-order chi connectivity index (χ1) is 10.1. The second-order valence-corrected chi connectivity index (χ2v) is 6.01. The van der Waals surface area contributed by atoms with Crippen molar-refractivity contribution in [3.05, 3.63) is 41.0 Å². The van der Waals surface area contributed by atoms with E-state index in [1.807, 2.05) is 18.2 Å². The molecule has 0 bridgehead atoms. The van der Waals surface area contributed by atoms with Crippen molar-refractivity contribution in [1.82, 2.24) is 15.6 Å². The normalized spacial score (nSPS) is 20.3. The van der Waals surface area contributed by atoms with Crippen LogP contribution in [0.5, 0.6) is 0 Å². The molecular formula is C16H20Cl3N3O. The standard InChI is InChI=1S/C16H18ClN3O.2ClH/c1-10-4-6-18-9-14(10)20-16(21)13-8-12(17)7-11-3-2-5-19-15(11)13;;/h2-3,5,7-8,10,14,18H,4,6,9H2,1H3,(H,20,21);2*1H. The number of piperidine rings is 1. The maximum Gasteiger partial charge on any atom is 0.253 e. The number of hydrogen-bond donors (Lipinski definition) is 2. The van der Waals surface area contributed by atoms with Gasteiger partial charge >= 0.3 is 0 Å². The van der Waals surface area contributed by atoms with Gasteiger partial charge < -0.3 is 10.6 Å². The zero-order valence-electron chi connectivity index (χ0n) is 12.7. The predicted molar refractivity (Wildman–Crippen MR) is 99.2 cm³/mol. The molecule has 4 nitrogen and oxygen atoms in total. The number of nitrogens with zero attached hydrogens (tertiary/aromatic N) is 1. The molecule has 2 aromatic rings. The predicted octanol–water partition coefficient (Wildman–Crippen LogP) is 3.46. The van der Waals surface area contributed by atoms with E-state index in [2.05, 4.69) is 22.5 Å². The minimum atomic E-state index is -0.109. The smallest absolute Gasteiger partial charge is 0.253 e. The maximum absolute atomic E-state index is 12.6. The number of fused-ring (bicyclic) bond motifs is 1. The largest absolute Gasteiger partial charge is 0.348 e. The van der Waals surface area contributed by atoms with Crippen molar-refractivity contribution in [2.24, 2.45) is 5.92 Å². The van der Waals surface area contributed by atoms with Crippen LogP contribution in [0.2, 0.25) is 5.02 Å². The molecule has 1 aromatic heterocycles. The molecule has 2 atom stereocenters. The molecule has 126 valence electrons. The van der Waals surface area contributed by atoms with Gasteiger partial charge in [0.25, 0.3) is 5.91 Å². The summed E-state index contributed by atoms with van der Waals surface area (Å²) in [6.07, 6.45) is 2.76. The summed E-state index contributed by atoms with van der Waals surface area (Å²) >= 11 is 6.12. The van der Waals surface area contributed by atoms with Gasteiger partial charge in [0.1, 0.15) is 0 Å². The molecule has 1 aliphatic heterocycles. The van der Waals surface area contributed by atoms with Gasteiger partial charge in [-0.05, 0) is 37.1 Å². The number of carbonyl (C=O) groups is 1. The molecule has 0 spiro atoms. The molecule has 0 radical (unpaired) electrons. The van der Waals surface area contributed by atoms with Crippen molar-refractivity contribution < 1.29 is 4.79 Å². The first kappa shape index (κ1) is 20.0. The minimum absolute atomic E-state index is 0. The summed E-state index contributed by atoms with van der Waals surface area (Å²) < 4.78 is 0. The molecule has 1 aliphatic rings. The zero-order chi connectivity index (χ0) is 14.8. The van der Waals surface area contributed by atoms with Crippen LogP contribution in [-0.4, -0.2) is 30.0 Å². The number of benzene rings is 1. The van der Waals surface area contributed by atoms with E-state index in [-0.39, 0.29) is 36.8 Å². The Morgan fingerprint density at radius 2 is 2.17 bits per heavy atom. The molecule has 2 unspecified atom stereocenters. The van der Waals surface area contributed by atoms with Gasteiger partial charge in [0.15, 0.2) is 0 Å². The number of rotatable bonds is 2. The summed E-state index contributed by atoms with van der Waals surface area (Å²) in [4.78, 5) is 16.9. The summed E-state index contributed by atoms with van der Waals surface area (Å²) in [5.41, 5.74) is 1.23. The Labute approximate surface area is 153 Å². The van der Waals surface area contributed by atoms with Crippen LogP contribution in [0, 0.1) is 5.92 Å². The fourth-order valence-corrected chi connectivity index (χ4v) is 2.98. The van der Waals surface area contributed by atoms with Gasteiger partial charge in [-0.3, -0.25) is 9.78 Å². The van der Waals surface area contributed by atoms with Crippen LogP contribution in [0.3, 0.4) is 0 Å². The second-order valence-electron chi connectivity index (χ2n) is 5.58. The van der Waals surface area contributed by atoms with Crippen LogP contribution in [0.25, 0.3) is 10.9 Å². The SMILES string of the molecule is CC1CCNCC1NC(=O)c1cc(Cl)cc2cccnc12.Cl.Cl. The van der Waals surface area contributed by atoms with Crippen LogP contribution in [0.4, 0.5) is 0 Å². The summed E-state index contributed by atoms with van der Waals surface area (Å²) in [6, 6.07) is 7.41. The average molecular weight is 377 g/mol. The van der Waals surface area contributed by atoms with Gasteiger partial charge in [-0.15, -0.1) is 24.8 Å². The number of pyridine rings is 1. The summed E-state index contributed by atoms with van der Waals surface area (Å²) in [7, 11) is 0. The highest BCUT2D eigenvalue weighted by molar-refractivity contribution is 6.32. The highest BCUT2D eigenvalue weighted by atomic mass is 35.5. The molecule has 0 aliphatic carbocycles. The van der Waals surface area contributed by atoms with Gasteiger partial charge in [0.2, 0.25) is 0 Å². The fraction of sp³-hybridized carbons (Fsp3) is 0.375.